The molecule has 6 nitrogen and oxygen atoms in total. The molecule has 0 aliphatic heterocycles. The first-order chi connectivity index (χ1) is 8.29. The largest absolute Gasteiger partial charge is 0.383 e. The highest BCUT2D eigenvalue weighted by Crippen LogP contribution is 2.34. The Morgan fingerprint density at radius 3 is 2.44 bits per heavy atom. The smallest absolute Gasteiger partial charge is 0.259 e. The van der Waals surface area contributed by atoms with E-state index in [0.717, 1.165) is 0 Å². The predicted molar refractivity (Wildman–Crippen MR) is 59.4 cm³/mol. The van der Waals surface area contributed by atoms with Gasteiger partial charge in [0.15, 0.2) is 0 Å². The average Bonchev–Trinajstić information content (AvgIpc) is 2.27. The summed E-state index contributed by atoms with van der Waals surface area (Å²) < 4.78 is 11.5. The second-order valence-corrected chi connectivity index (χ2v) is 4.64. The molecule has 0 aliphatic carbocycles. The fourth-order valence-corrected chi connectivity index (χ4v) is 1.58. The number of nitro groups is 1. The lowest BCUT2D eigenvalue weighted by molar-refractivity contribution is -0.393. The van der Waals surface area contributed by atoms with E-state index in [0.29, 0.717) is 5.56 Å². The monoisotopic (exact) mass is 257 g/mol. The van der Waals surface area contributed by atoms with Crippen molar-refractivity contribution >= 4 is 11.7 Å². The van der Waals surface area contributed by atoms with Crippen LogP contribution >= 0.6 is 0 Å². The summed E-state index contributed by atoms with van der Waals surface area (Å²) >= 11 is 0. The Hall–Kier alpha value is -2.02. The van der Waals surface area contributed by atoms with E-state index in [4.69, 9.17) is 0 Å². The number of rotatable bonds is 3. The first-order valence-electron chi connectivity index (χ1n) is 5.06. The summed E-state index contributed by atoms with van der Waals surface area (Å²) in [6, 6.07) is 4.17. The molecule has 0 spiro atoms. The van der Waals surface area contributed by atoms with Crippen LogP contribution in [0.25, 0.3) is 0 Å². The quantitative estimate of drug-likeness (QED) is 0.472. The third-order valence-corrected chi connectivity index (χ3v) is 2.35. The zero-order chi connectivity index (χ0) is 13.9. The van der Waals surface area contributed by atoms with Gasteiger partial charge in [-0.05, 0) is 16.0 Å². The number of halogens is 1. The highest BCUT2D eigenvalue weighted by atomic mass is 19.3. The van der Waals surface area contributed by atoms with Crippen LogP contribution in [0.4, 0.5) is 10.2 Å². The molecule has 0 N–H and O–H groups in total. The van der Waals surface area contributed by atoms with Crippen LogP contribution in [-0.2, 0) is 15.4 Å². The van der Waals surface area contributed by atoms with Gasteiger partial charge in [-0.25, -0.2) is 4.79 Å². The Labute approximate surface area is 102 Å². The van der Waals surface area contributed by atoms with Crippen LogP contribution in [0.5, 0.6) is 0 Å². The van der Waals surface area contributed by atoms with Gasteiger partial charge in [-0.1, -0.05) is 32.9 Å². The number of nitrogens with zero attached hydrogens (tertiary/aromatic N) is 1. The number of para-hydroxylation sites is 1. The number of hydrogen-bond acceptors (Lipinski definition) is 5. The second kappa shape index (κ2) is 5.09. The van der Waals surface area contributed by atoms with Crippen molar-refractivity contribution < 1.29 is 24.2 Å². The summed E-state index contributed by atoms with van der Waals surface area (Å²) in [5.74, 6) is -1.25. The van der Waals surface area contributed by atoms with Crippen molar-refractivity contribution in [1.82, 2.24) is 0 Å². The highest BCUT2D eigenvalue weighted by molar-refractivity contribution is 5.94. The van der Waals surface area contributed by atoms with E-state index < -0.39 is 22.0 Å². The van der Waals surface area contributed by atoms with Crippen LogP contribution in [0.3, 0.4) is 0 Å². The Morgan fingerprint density at radius 1 is 1.39 bits per heavy atom. The van der Waals surface area contributed by atoms with Gasteiger partial charge in [0, 0.05) is 10.7 Å². The summed E-state index contributed by atoms with van der Waals surface area (Å²) in [5, 5.41) is 13.8. The minimum Gasteiger partial charge on any atom is -0.259 e. The molecule has 7 heteroatoms. The lowest BCUT2D eigenvalue weighted by Gasteiger charge is -2.19. The molecule has 0 unspecified atom stereocenters. The molecular formula is C11H12FNO5. The first kappa shape index (κ1) is 14.0. The Bertz CT molecular complexity index is 481. The number of nitro benzene ring substituents is 1. The van der Waals surface area contributed by atoms with Gasteiger partial charge in [0.25, 0.3) is 5.69 Å². The molecule has 0 amide bonds. The van der Waals surface area contributed by atoms with E-state index in [9.17, 15) is 19.4 Å². The Kier molecular flexibility index (Phi) is 3.97. The molecular weight excluding hydrogens is 245 g/mol. The van der Waals surface area contributed by atoms with E-state index in [1.54, 1.807) is 20.8 Å². The molecule has 0 saturated carbocycles. The maximum atomic E-state index is 11.5. The summed E-state index contributed by atoms with van der Waals surface area (Å²) in [4.78, 5) is 25.4. The minimum atomic E-state index is -1.25. The molecule has 0 radical (unpaired) electrons. The third-order valence-electron chi connectivity index (χ3n) is 2.35. The van der Waals surface area contributed by atoms with Crippen LogP contribution in [0.15, 0.2) is 18.2 Å². The standard InChI is InChI=1S/C11H12FNO5/c1-11(2,3)8-6-4-5-7(9(8)13(15)16)10(14)17-18-12/h4-6H,1-3H3. The van der Waals surface area contributed by atoms with Gasteiger partial charge in [0.1, 0.15) is 5.56 Å². The normalized spacial score (nSPS) is 11.1. The molecule has 1 aromatic carbocycles. The minimum absolute atomic E-state index is 0.348. The van der Waals surface area contributed by atoms with Crippen LogP contribution in [0.1, 0.15) is 36.7 Å². The highest BCUT2D eigenvalue weighted by Gasteiger charge is 2.31. The van der Waals surface area contributed by atoms with Gasteiger partial charge in [-0.2, -0.15) is 0 Å². The number of hydrogen-bond donors (Lipinski definition) is 0. The van der Waals surface area contributed by atoms with Crippen molar-refractivity contribution in [1.29, 1.82) is 0 Å². The summed E-state index contributed by atoms with van der Waals surface area (Å²) in [5.41, 5.74) is -0.965. The van der Waals surface area contributed by atoms with Gasteiger partial charge >= 0.3 is 5.97 Å². The molecule has 1 rings (SSSR count). The van der Waals surface area contributed by atoms with Crippen molar-refractivity contribution in [3.8, 4) is 0 Å². The molecule has 98 valence electrons. The molecule has 0 atom stereocenters. The molecule has 0 heterocycles. The lowest BCUT2D eigenvalue weighted by Crippen LogP contribution is -2.17. The molecule has 0 aromatic heterocycles. The summed E-state index contributed by atoms with van der Waals surface area (Å²) in [6.45, 7) is 5.28. The third kappa shape index (κ3) is 2.80. The molecule has 0 aliphatic rings. The molecule has 0 saturated heterocycles. The van der Waals surface area contributed by atoms with Crippen molar-refractivity contribution in [3.05, 3.63) is 39.4 Å². The van der Waals surface area contributed by atoms with Gasteiger partial charge in [-0.3, -0.25) is 15.0 Å². The zero-order valence-electron chi connectivity index (χ0n) is 10.1. The number of carbonyl (C=O) groups excluding carboxylic acids is 1. The van der Waals surface area contributed by atoms with Gasteiger partial charge in [0.05, 0.1) is 4.92 Å². The van der Waals surface area contributed by atoms with Gasteiger partial charge in [0.2, 0.25) is 0 Å². The molecule has 1 aromatic rings. The van der Waals surface area contributed by atoms with E-state index >= 15 is 0 Å². The van der Waals surface area contributed by atoms with E-state index in [-0.39, 0.29) is 5.56 Å². The maximum Gasteiger partial charge on any atom is 0.383 e. The first-order valence-corrected chi connectivity index (χ1v) is 5.06. The van der Waals surface area contributed by atoms with Gasteiger partial charge < -0.3 is 0 Å². The molecule has 18 heavy (non-hydrogen) atoms. The summed E-state index contributed by atoms with van der Waals surface area (Å²) in [6.07, 6.45) is 0. The fraction of sp³-hybridized carbons (Fsp3) is 0.364. The van der Waals surface area contributed by atoms with Crippen LogP contribution < -0.4 is 0 Å². The SMILES string of the molecule is CC(C)(C)c1cccc(C(=O)OOF)c1[N+](=O)[O-]. The topological polar surface area (TPSA) is 78.7 Å². The van der Waals surface area contributed by atoms with E-state index in [1.807, 2.05) is 0 Å². The van der Waals surface area contributed by atoms with Crippen molar-refractivity contribution in [3.63, 3.8) is 0 Å². The van der Waals surface area contributed by atoms with Gasteiger partial charge in [-0.15, -0.1) is 0 Å². The lowest BCUT2D eigenvalue weighted by atomic mass is 9.84. The van der Waals surface area contributed by atoms with E-state index in [2.05, 4.69) is 9.98 Å². The van der Waals surface area contributed by atoms with Crippen LogP contribution in [0, 0.1) is 10.1 Å². The number of benzene rings is 1. The summed E-state index contributed by atoms with van der Waals surface area (Å²) in [7, 11) is 0. The zero-order valence-corrected chi connectivity index (χ0v) is 10.1. The Morgan fingerprint density at radius 2 is 2.00 bits per heavy atom. The van der Waals surface area contributed by atoms with E-state index in [1.165, 1.54) is 18.2 Å². The van der Waals surface area contributed by atoms with Crippen LogP contribution in [-0.4, -0.2) is 10.9 Å². The molecule has 0 bridgehead atoms. The molecule has 0 fully saturated rings. The van der Waals surface area contributed by atoms with Crippen molar-refractivity contribution in [2.24, 2.45) is 0 Å². The second-order valence-electron chi connectivity index (χ2n) is 4.64. The fourth-order valence-electron chi connectivity index (χ4n) is 1.58. The van der Waals surface area contributed by atoms with Crippen LogP contribution in [0.2, 0.25) is 0 Å². The average molecular weight is 257 g/mol. The van der Waals surface area contributed by atoms with Crippen molar-refractivity contribution in [2.75, 3.05) is 0 Å². The predicted octanol–water partition coefficient (Wildman–Crippen LogP) is 2.87. The maximum absolute atomic E-state index is 11.5. The van der Waals surface area contributed by atoms with Crippen molar-refractivity contribution in [2.45, 2.75) is 26.2 Å². The Balaban J connectivity index is 3.45. The number of carbonyl (C=O) groups is 1.